The molecule has 0 saturated carbocycles. The summed E-state index contributed by atoms with van der Waals surface area (Å²) >= 11 is 5.38. The maximum absolute atomic E-state index is 5.38. The minimum atomic E-state index is 0.605. The highest BCUT2D eigenvalue weighted by atomic mass is 32.1. The molecule has 0 bridgehead atoms. The SMILES string of the molecule is S=C(NCn1cnc(-c2ccccc2)c1)c1ccccc1. The van der Waals surface area contributed by atoms with Gasteiger partial charge in [-0.3, -0.25) is 0 Å². The van der Waals surface area contributed by atoms with Crippen LogP contribution in [-0.2, 0) is 6.67 Å². The van der Waals surface area contributed by atoms with Gasteiger partial charge in [-0.15, -0.1) is 0 Å². The van der Waals surface area contributed by atoms with E-state index in [1.165, 1.54) is 0 Å². The van der Waals surface area contributed by atoms with Gasteiger partial charge in [-0.1, -0.05) is 72.9 Å². The molecule has 0 aliphatic heterocycles. The lowest BCUT2D eigenvalue weighted by Gasteiger charge is -2.08. The smallest absolute Gasteiger partial charge is 0.107 e. The molecule has 0 amide bonds. The average Bonchev–Trinajstić information content (AvgIpc) is 3.03. The normalized spacial score (nSPS) is 10.3. The summed E-state index contributed by atoms with van der Waals surface area (Å²) in [6, 6.07) is 20.1. The number of hydrogen-bond donors (Lipinski definition) is 1. The summed E-state index contributed by atoms with van der Waals surface area (Å²) in [5.41, 5.74) is 3.10. The number of thiocarbonyl (C=S) groups is 1. The van der Waals surface area contributed by atoms with Crippen molar-refractivity contribution in [3.8, 4) is 11.3 Å². The van der Waals surface area contributed by atoms with Gasteiger partial charge in [0.1, 0.15) is 4.99 Å². The Morgan fingerprint density at radius 3 is 2.38 bits per heavy atom. The first-order chi connectivity index (χ1) is 10.3. The number of imidazole rings is 1. The number of nitrogens with zero attached hydrogens (tertiary/aromatic N) is 2. The van der Waals surface area contributed by atoms with Crippen LogP contribution in [0.5, 0.6) is 0 Å². The van der Waals surface area contributed by atoms with Crippen molar-refractivity contribution in [1.29, 1.82) is 0 Å². The van der Waals surface area contributed by atoms with Crippen LogP contribution in [0.3, 0.4) is 0 Å². The molecule has 1 heterocycles. The lowest BCUT2D eigenvalue weighted by molar-refractivity contribution is 0.669. The predicted octanol–water partition coefficient (Wildman–Crippen LogP) is 3.47. The van der Waals surface area contributed by atoms with Crippen LogP contribution in [0.25, 0.3) is 11.3 Å². The Labute approximate surface area is 129 Å². The van der Waals surface area contributed by atoms with Crippen molar-refractivity contribution < 1.29 is 0 Å². The van der Waals surface area contributed by atoms with Crippen molar-refractivity contribution >= 4 is 17.2 Å². The summed E-state index contributed by atoms with van der Waals surface area (Å²) < 4.78 is 1.98. The Morgan fingerprint density at radius 2 is 1.67 bits per heavy atom. The van der Waals surface area contributed by atoms with E-state index in [0.29, 0.717) is 6.67 Å². The topological polar surface area (TPSA) is 29.9 Å². The van der Waals surface area contributed by atoms with Gasteiger partial charge in [-0.25, -0.2) is 4.98 Å². The van der Waals surface area contributed by atoms with Crippen molar-refractivity contribution in [1.82, 2.24) is 14.9 Å². The van der Waals surface area contributed by atoms with Crippen LogP contribution in [0.1, 0.15) is 5.56 Å². The molecule has 104 valence electrons. The summed E-state index contributed by atoms with van der Waals surface area (Å²) in [5, 5.41) is 3.23. The summed E-state index contributed by atoms with van der Waals surface area (Å²) in [6.07, 6.45) is 3.82. The molecule has 3 rings (SSSR count). The Bertz CT molecular complexity index is 720. The molecule has 0 aliphatic carbocycles. The first kappa shape index (κ1) is 13.5. The number of hydrogen-bond acceptors (Lipinski definition) is 2. The maximum Gasteiger partial charge on any atom is 0.107 e. The molecule has 3 nitrogen and oxygen atoms in total. The summed E-state index contributed by atoms with van der Waals surface area (Å²) in [5.74, 6) is 0. The molecule has 0 saturated heterocycles. The molecule has 2 aromatic carbocycles. The Balaban J connectivity index is 1.64. The fourth-order valence-corrected chi connectivity index (χ4v) is 2.26. The maximum atomic E-state index is 5.38. The lowest BCUT2D eigenvalue weighted by Crippen LogP contribution is -2.24. The molecule has 3 aromatic rings. The van der Waals surface area contributed by atoms with E-state index in [1.54, 1.807) is 0 Å². The zero-order valence-electron chi connectivity index (χ0n) is 11.4. The minimum Gasteiger partial charge on any atom is -0.358 e. The number of benzene rings is 2. The highest BCUT2D eigenvalue weighted by Gasteiger charge is 2.03. The monoisotopic (exact) mass is 293 g/mol. The van der Waals surface area contributed by atoms with Crippen LogP contribution >= 0.6 is 12.2 Å². The molecule has 4 heteroatoms. The fraction of sp³-hybridized carbons (Fsp3) is 0.0588. The third-order valence-corrected chi connectivity index (χ3v) is 3.54. The third kappa shape index (κ3) is 3.35. The van der Waals surface area contributed by atoms with Gasteiger partial charge in [-0.05, 0) is 0 Å². The zero-order valence-corrected chi connectivity index (χ0v) is 12.3. The van der Waals surface area contributed by atoms with Crippen molar-refractivity contribution in [2.24, 2.45) is 0 Å². The molecule has 0 fully saturated rings. The Morgan fingerprint density at radius 1 is 1.00 bits per heavy atom. The summed E-state index contributed by atoms with van der Waals surface area (Å²) in [7, 11) is 0. The number of aromatic nitrogens is 2. The van der Waals surface area contributed by atoms with Gasteiger partial charge < -0.3 is 9.88 Å². The molecule has 1 aromatic heterocycles. The van der Waals surface area contributed by atoms with Gasteiger partial charge in [0.05, 0.1) is 18.7 Å². The molecule has 0 atom stereocenters. The van der Waals surface area contributed by atoms with Crippen LogP contribution in [-0.4, -0.2) is 14.5 Å². The molecule has 0 unspecified atom stereocenters. The second-order valence-electron chi connectivity index (χ2n) is 4.67. The van der Waals surface area contributed by atoms with Crippen molar-refractivity contribution in [2.45, 2.75) is 6.67 Å². The molecular formula is C17H15N3S. The van der Waals surface area contributed by atoms with E-state index >= 15 is 0 Å². The van der Waals surface area contributed by atoms with Gasteiger partial charge in [0, 0.05) is 17.3 Å². The van der Waals surface area contributed by atoms with Gasteiger partial charge in [0.15, 0.2) is 0 Å². The fourth-order valence-electron chi connectivity index (χ4n) is 2.06. The van der Waals surface area contributed by atoms with E-state index in [4.69, 9.17) is 12.2 Å². The second kappa shape index (κ2) is 6.33. The highest BCUT2D eigenvalue weighted by molar-refractivity contribution is 7.80. The number of rotatable bonds is 4. The highest BCUT2D eigenvalue weighted by Crippen LogP contribution is 2.15. The minimum absolute atomic E-state index is 0.605. The Hall–Kier alpha value is -2.46. The molecule has 0 radical (unpaired) electrons. The van der Waals surface area contributed by atoms with Gasteiger partial charge >= 0.3 is 0 Å². The summed E-state index contributed by atoms with van der Waals surface area (Å²) in [6.45, 7) is 0.605. The lowest BCUT2D eigenvalue weighted by atomic mass is 10.2. The molecular weight excluding hydrogens is 278 g/mol. The molecule has 1 N–H and O–H groups in total. The van der Waals surface area contributed by atoms with E-state index in [2.05, 4.69) is 22.4 Å². The van der Waals surface area contributed by atoms with Gasteiger partial charge in [-0.2, -0.15) is 0 Å². The van der Waals surface area contributed by atoms with Crippen molar-refractivity contribution in [3.63, 3.8) is 0 Å². The second-order valence-corrected chi connectivity index (χ2v) is 5.08. The largest absolute Gasteiger partial charge is 0.358 e. The third-order valence-electron chi connectivity index (χ3n) is 3.16. The van der Waals surface area contributed by atoms with Crippen LogP contribution in [0.4, 0.5) is 0 Å². The van der Waals surface area contributed by atoms with Crippen LogP contribution in [0, 0.1) is 0 Å². The van der Waals surface area contributed by atoms with E-state index in [9.17, 15) is 0 Å². The molecule has 0 aliphatic rings. The molecule has 0 spiro atoms. The van der Waals surface area contributed by atoms with E-state index in [-0.39, 0.29) is 0 Å². The Kier molecular flexibility index (Phi) is 4.07. The zero-order chi connectivity index (χ0) is 14.5. The van der Waals surface area contributed by atoms with Crippen molar-refractivity contribution in [3.05, 3.63) is 78.8 Å². The van der Waals surface area contributed by atoms with E-state index in [1.807, 2.05) is 65.6 Å². The number of nitrogens with one attached hydrogen (secondary N) is 1. The summed E-state index contributed by atoms with van der Waals surface area (Å²) in [4.78, 5) is 5.16. The average molecular weight is 293 g/mol. The molecule has 21 heavy (non-hydrogen) atoms. The first-order valence-corrected chi connectivity index (χ1v) is 7.14. The first-order valence-electron chi connectivity index (χ1n) is 6.73. The van der Waals surface area contributed by atoms with Gasteiger partial charge in [0.25, 0.3) is 0 Å². The standard InChI is InChI=1S/C17H15N3S/c21-17(15-9-5-2-6-10-15)19-13-20-11-16(18-12-20)14-7-3-1-4-8-14/h1-12H,13H2,(H,19,21). The van der Waals surface area contributed by atoms with Gasteiger partial charge in [0.2, 0.25) is 0 Å². The van der Waals surface area contributed by atoms with Crippen LogP contribution in [0.2, 0.25) is 0 Å². The van der Waals surface area contributed by atoms with Crippen LogP contribution < -0.4 is 5.32 Å². The quantitative estimate of drug-likeness (QED) is 0.747. The van der Waals surface area contributed by atoms with Crippen LogP contribution in [0.15, 0.2) is 73.2 Å². The van der Waals surface area contributed by atoms with E-state index < -0.39 is 0 Å². The van der Waals surface area contributed by atoms with E-state index in [0.717, 1.165) is 21.8 Å². The predicted molar refractivity (Wildman–Crippen MR) is 88.9 cm³/mol. The van der Waals surface area contributed by atoms with Crippen molar-refractivity contribution in [2.75, 3.05) is 0 Å².